The fourth-order valence-corrected chi connectivity index (χ4v) is 2.89. The Labute approximate surface area is 145 Å². The van der Waals surface area contributed by atoms with Crippen molar-refractivity contribution >= 4 is 10.0 Å². The number of nitrogens with one attached hydrogen (secondary N) is 2. The van der Waals surface area contributed by atoms with Gasteiger partial charge in [-0.25, -0.2) is 22.5 Å². The summed E-state index contributed by atoms with van der Waals surface area (Å²) in [5.41, 5.74) is 2.35. The van der Waals surface area contributed by atoms with Crippen molar-refractivity contribution in [2.24, 2.45) is 0 Å². The van der Waals surface area contributed by atoms with Gasteiger partial charge in [-0.3, -0.25) is 4.98 Å². The Balaban J connectivity index is 2.03. The number of rotatable bonds is 6. The summed E-state index contributed by atoms with van der Waals surface area (Å²) in [6, 6.07) is 11.5. The van der Waals surface area contributed by atoms with Crippen molar-refractivity contribution in [2.45, 2.75) is 13.5 Å². The lowest BCUT2D eigenvalue weighted by Crippen LogP contribution is -2.25. The number of hydrogen-bond donors (Lipinski definition) is 2. The Kier molecular flexibility index (Phi) is 4.91. The molecule has 0 aliphatic rings. The van der Waals surface area contributed by atoms with Crippen molar-refractivity contribution in [3.8, 4) is 22.6 Å². The SMILES string of the molecule is CCS(=O)(=O)NCc1nc(-c2cccc(F)c2)c(-c2ccccn2)[nH]1. The maximum Gasteiger partial charge on any atom is 0.211 e. The van der Waals surface area contributed by atoms with E-state index in [0.717, 1.165) is 0 Å². The van der Waals surface area contributed by atoms with Gasteiger partial charge in [0.15, 0.2) is 0 Å². The van der Waals surface area contributed by atoms with Crippen molar-refractivity contribution in [1.29, 1.82) is 0 Å². The Hall–Kier alpha value is -2.58. The van der Waals surface area contributed by atoms with E-state index in [4.69, 9.17) is 0 Å². The molecule has 0 amide bonds. The summed E-state index contributed by atoms with van der Waals surface area (Å²) in [4.78, 5) is 11.8. The molecule has 8 heteroatoms. The second kappa shape index (κ2) is 7.12. The second-order valence-electron chi connectivity index (χ2n) is 5.36. The maximum absolute atomic E-state index is 13.6. The topological polar surface area (TPSA) is 87.7 Å². The third-order valence-electron chi connectivity index (χ3n) is 3.61. The van der Waals surface area contributed by atoms with Crippen LogP contribution in [-0.2, 0) is 16.6 Å². The molecule has 0 atom stereocenters. The molecule has 6 nitrogen and oxygen atoms in total. The molecule has 2 aromatic heterocycles. The van der Waals surface area contributed by atoms with E-state index in [2.05, 4.69) is 19.7 Å². The van der Waals surface area contributed by atoms with E-state index in [0.29, 0.717) is 28.5 Å². The lowest BCUT2D eigenvalue weighted by atomic mass is 10.1. The van der Waals surface area contributed by atoms with Gasteiger partial charge in [0.1, 0.15) is 11.6 Å². The van der Waals surface area contributed by atoms with Crippen LogP contribution in [0.5, 0.6) is 0 Å². The summed E-state index contributed by atoms with van der Waals surface area (Å²) in [7, 11) is -3.34. The molecular weight excluding hydrogens is 343 g/mol. The van der Waals surface area contributed by atoms with Gasteiger partial charge >= 0.3 is 0 Å². The number of H-pyrrole nitrogens is 1. The van der Waals surface area contributed by atoms with E-state index in [-0.39, 0.29) is 18.1 Å². The molecule has 0 saturated carbocycles. The first-order chi connectivity index (χ1) is 12.0. The third kappa shape index (κ3) is 4.09. The van der Waals surface area contributed by atoms with Gasteiger partial charge in [-0.15, -0.1) is 0 Å². The van der Waals surface area contributed by atoms with Gasteiger partial charge in [-0.2, -0.15) is 0 Å². The highest BCUT2D eigenvalue weighted by atomic mass is 32.2. The van der Waals surface area contributed by atoms with E-state index in [1.54, 1.807) is 37.4 Å². The number of hydrogen-bond acceptors (Lipinski definition) is 4. The van der Waals surface area contributed by atoms with Crippen LogP contribution in [0.2, 0.25) is 0 Å². The molecule has 2 heterocycles. The Morgan fingerprint density at radius 1 is 1.20 bits per heavy atom. The minimum Gasteiger partial charge on any atom is -0.339 e. The van der Waals surface area contributed by atoms with Crippen LogP contribution in [-0.4, -0.2) is 29.1 Å². The molecule has 130 valence electrons. The van der Waals surface area contributed by atoms with Crippen molar-refractivity contribution in [3.05, 3.63) is 60.3 Å². The molecule has 2 N–H and O–H groups in total. The van der Waals surface area contributed by atoms with Crippen molar-refractivity contribution in [3.63, 3.8) is 0 Å². The Morgan fingerprint density at radius 2 is 2.04 bits per heavy atom. The molecule has 0 aliphatic carbocycles. The van der Waals surface area contributed by atoms with Crippen LogP contribution in [0.25, 0.3) is 22.6 Å². The molecule has 0 unspecified atom stereocenters. The van der Waals surface area contributed by atoms with Crippen LogP contribution in [0.15, 0.2) is 48.7 Å². The van der Waals surface area contributed by atoms with Gasteiger partial charge in [0.25, 0.3) is 0 Å². The van der Waals surface area contributed by atoms with Gasteiger partial charge in [-0.1, -0.05) is 18.2 Å². The number of sulfonamides is 1. The van der Waals surface area contributed by atoms with Gasteiger partial charge in [0.2, 0.25) is 10.0 Å². The van der Waals surface area contributed by atoms with Crippen LogP contribution in [0.4, 0.5) is 4.39 Å². The second-order valence-corrected chi connectivity index (χ2v) is 7.45. The summed E-state index contributed by atoms with van der Waals surface area (Å²) in [5, 5.41) is 0. The van der Waals surface area contributed by atoms with Crippen LogP contribution in [0.3, 0.4) is 0 Å². The van der Waals surface area contributed by atoms with Gasteiger partial charge in [0, 0.05) is 11.8 Å². The van der Waals surface area contributed by atoms with Gasteiger partial charge < -0.3 is 4.98 Å². The number of imidazole rings is 1. The molecule has 0 saturated heterocycles. The zero-order valence-corrected chi connectivity index (χ0v) is 14.3. The Morgan fingerprint density at radius 3 is 2.72 bits per heavy atom. The number of benzene rings is 1. The van der Waals surface area contributed by atoms with Crippen LogP contribution in [0.1, 0.15) is 12.7 Å². The predicted molar refractivity (Wildman–Crippen MR) is 93.5 cm³/mol. The molecule has 0 radical (unpaired) electrons. The molecule has 3 aromatic rings. The Bertz CT molecular complexity index is 971. The molecule has 1 aromatic carbocycles. The molecule has 0 bridgehead atoms. The minimum atomic E-state index is -3.34. The smallest absolute Gasteiger partial charge is 0.211 e. The average molecular weight is 360 g/mol. The minimum absolute atomic E-state index is 0.0163. The standard InChI is InChI=1S/C17H17FN4O2S/c1-2-25(23,24)20-11-15-21-16(12-6-5-7-13(18)10-12)17(22-15)14-8-3-4-9-19-14/h3-10,20H,2,11H2,1H3,(H,21,22). The van der Waals surface area contributed by atoms with Gasteiger partial charge in [0.05, 0.1) is 29.4 Å². The summed E-state index contributed by atoms with van der Waals surface area (Å²) in [5.74, 6) is 0.0371. The first-order valence-electron chi connectivity index (χ1n) is 7.72. The van der Waals surface area contributed by atoms with Crippen molar-refractivity contribution in [2.75, 3.05) is 5.75 Å². The average Bonchev–Trinajstić information content (AvgIpc) is 3.05. The largest absolute Gasteiger partial charge is 0.339 e. The first kappa shape index (κ1) is 17.2. The predicted octanol–water partition coefficient (Wildman–Crippen LogP) is 2.72. The normalized spacial score (nSPS) is 11.6. The highest BCUT2D eigenvalue weighted by molar-refractivity contribution is 7.89. The number of pyridine rings is 1. The molecular formula is C17H17FN4O2S. The quantitative estimate of drug-likeness (QED) is 0.707. The van der Waals surface area contributed by atoms with E-state index < -0.39 is 10.0 Å². The number of nitrogens with zero attached hydrogens (tertiary/aromatic N) is 2. The first-order valence-corrected chi connectivity index (χ1v) is 9.37. The summed E-state index contributed by atoms with van der Waals surface area (Å²) >= 11 is 0. The number of aromatic nitrogens is 3. The highest BCUT2D eigenvalue weighted by Crippen LogP contribution is 2.29. The van der Waals surface area contributed by atoms with Crippen LogP contribution in [0, 0.1) is 5.82 Å². The summed E-state index contributed by atoms with van der Waals surface area (Å²) < 4.78 is 39.3. The molecule has 0 fully saturated rings. The lowest BCUT2D eigenvalue weighted by Gasteiger charge is -2.02. The van der Waals surface area contributed by atoms with Crippen LogP contribution >= 0.6 is 0 Å². The fraction of sp³-hybridized carbons (Fsp3) is 0.176. The van der Waals surface area contributed by atoms with Gasteiger partial charge in [-0.05, 0) is 31.2 Å². The fourth-order valence-electron chi connectivity index (χ4n) is 2.33. The monoisotopic (exact) mass is 360 g/mol. The van der Waals surface area contributed by atoms with E-state index in [9.17, 15) is 12.8 Å². The molecule has 3 rings (SSSR count). The van der Waals surface area contributed by atoms with Crippen LogP contribution < -0.4 is 4.72 Å². The highest BCUT2D eigenvalue weighted by Gasteiger charge is 2.16. The van der Waals surface area contributed by atoms with E-state index in [1.165, 1.54) is 12.1 Å². The van der Waals surface area contributed by atoms with E-state index in [1.807, 2.05) is 6.07 Å². The third-order valence-corrected chi connectivity index (χ3v) is 4.96. The van der Waals surface area contributed by atoms with Crippen molar-refractivity contribution in [1.82, 2.24) is 19.7 Å². The van der Waals surface area contributed by atoms with Crippen molar-refractivity contribution < 1.29 is 12.8 Å². The number of aromatic amines is 1. The maximum atomic E-state index is 13.6. The van der Waals surface area contributed by atoms with E-state index >= 15 is 0 Å². The molecule has 0 aliphatic heterocycles. The zero-order chi connectivity index (χ0) is 17.9. The molecule has 0 spiro atoms. The zero-order valence-electron chi connectivity index (χ0n) is 13.5. The number of halogens is 1. The summed E-state index contributed by atoms with van der Waals surface area (Å²) in [6.45, 7) is 1.58. The molecule has 25 heavy (non-hydrogen) atoms. The lowest BCUT2D eigenvalue weighted by molar-refractivity contribution is 0.581. The summed E-state index contributed by atoms with van der Waals surface area (Å²) in [6.07, 6.45) is 1.64.